The van der Waals surface area contributed by atoms with Gasteiger partial charge in [-0.1, -0.05) is 18.2 Å². The van der Waals surface area contributed by atoms with Crippen LogP contribution in [0.4, 0.5) is 0 Å². The lowest BCUT2D eigenvalue weighted by Crippen LogP contribution is -2.18. The molecular weight excluding hydrogens is 312 g/mol. The number of esters is 2. The fraction of sp³-hybridized carbons (Fsp3) is 0.222. The maximum atomic E-state index is 11.9. The van der Waals surface area contributed by atoms with Crippen molar-refractivity contribution in [1.82, 2.24) is 0 Å². The lowest BCUT2D eigenvalue weighted by atomic mass is 10.2. The molecule has 0 bridgehead atoms. The molecule has 126 valence electrons. The van der Waals surface area contributed by atoms with E-state index in [0.29, 0.717) is 11.3 Å². The van der Waals surface area contributed by atoms with Crippen molar-refractivity contribution < 1.29 is 28.5 Å². The van der Waals surface area contributed by atoms with Crippen molar-refractivity contribution >= 4 is 11.9 Å². The van der Waals surface area contributed by atoms with Gasteiger partial charge in [0.05, 0.1) is 19.8 Å². The van der Waals surface area contributed by atoms with Crippen LogP contribution in [0, 0.1) is 6.92 Å². The van der Waals surface area contributed by atoms with Gasteiger partial charge in [-0.3, -0.25) is 0 Å². The number of hydrogen-bond donors (Lipinski definition) is 0. The fourth-order valence-corrected chi connectivity index (χ4v) is 2.00. The summed E-state index contributed by atoms with van der Waals surface area (Å²) in [5.74, 6) is -0.0235. The van der Waals surface area contributed by atoms with Gasteiger partial charge in [-0.2, -0.15) is 0 Å². The third-order valence-electron chi connectivity index (χ3n) is 3.25. The van der Waals surface area contributed by atoms with Crippen molar-refractivity contribution in [1.29, 1.82) is 0 Å². The van der Waals surface area contributed by atoms with Crippen molar-refractivity contribution in [3.63, 3.8) is 0 Å². The average molecular weight is 330 g/mol. The molecule has 6 heteroatoms. The van der Waals surface area contributed by atoms with Gasteiger partial charge in [0, 0.05) is 0 Å². The van der Waals surface area contributed by atoms with E-state index in [0.717, 1.165) is 5.56 Å². The van der Waals surface area contributed by atoms with Gasteiger partial charge in [0.25, 0.3) is 0 Å². The molecule has 24 heavy (non-hydrogen) atoms. The summed E-state index contributed by atoms with van der Waals surface area (Å²) in [4.78, 5) is 23.4. The van der Waals surface area contributed by atoms with Crippen LogP contribution in [0.15, 0.2) is 42.5 Å². The van der Waals surface area contributed by atoms with Crippen LogP contribution in [0.3, 0.4) is 0 Å². The second kappa shape index (κ2) is 8.01. The molecule has 0 aliphatic rings. The summed E-state index contributed by atoms with van der Waals surface area (Å²) in [6.45, 7) is 1.64. The van der Waals surface area contributed by atoms with Gasteiger partial charge < -0.3 is 18.9 Å². The molecule has 0 unspecified atom stereocenters. The van der Waals surface area contributed by atoms with Crippen molar-refractivity contribution in [2.24, 2.45) is 0 Å². The first-order chi connectivity index (χ1) is 11.5. The van der Waals surface area contributed by atoms with Gasteiger partial charge in [-0.15, -0.1) is 0 Å². The molecule has 0 aliphatic heterocycles. The fourth-order valence-electron chi connectivity index (χ4n) is 2.00. The minimum atomic E-state index is -0.581. The first-order valence-corrected chi connectivity index (χ1v) is 7.20. The third kappa shape index (κ3) is 4.25. The number of hydrogen-bond acceptors (Lipinski definition) is 6. The monoisotopic (exact) mass is 330 g/mol. The SMILES string of the molecule is COC(=O)c1ccc(OC(=O)COc2ccccc2C)c(OC)c1. The van der Waals surface area contributed by atoms with E-state index in [4.69, 9.17) is 14.2 Å². The first-order valence-electron chi connectivity index (χ1n) is 7.20. The Hall–Kier alpha value is -3.02. The van der Waals surface area contributed by atoms with Crippen molar-refractivity contribution in [2.75, 3.05) is 20.8 Å². The van der Waals surface area contributed by atoms with Crippen molar-refractivity contribution in [3.8, 4) is 17.2 Å². The molecule has 0 heterocycles. The van der Waals surface area contributed by atoms with Crippen LogP contribution < -0.4 is 14.2 Å². The Balaban J connectivity index is 2.03. The van der Waals surface area contributed by atoms with Gasteiger partial charge in [0.1, 0.15) is 5.75 Å². The predicted octanol–water partition coefficient (Wildman–Crippen LogP) is 2.77. The lowest BCUT2D eigenvalue weighted by Gasteiger charge is -2.11. The summed E-state index contributed by atoms with van der Waals surface area (Å²) in [6, 6.07) is 11.8. The number of benzene rings is 2. The maximum Gasteiger partial charge on any atom is 0.349 e. The Bertz CT molecular complexity index is 738. The number of carbonyl (C=O) groups is 2. The Morgan fingerprint density at radius 3 is 2.38 bits per heavy atom. The van der Waals surface area contributed by atoms with Gasteiger partial charge >= 0.3 is 11.9 Å². The molecular formula is C18H18O6. The molecule has 2 aromatic rings. The summed E-state index contributed by atoms with van der Waals surface area (Å²) in [6.07, 6.45) is 0. The number of methoxy groups -OCH3 is 2. The lowest BCUT2D eigenvalue weighted by molar-refractivity contribution is -0.136. The van der Waals surface area contributed by atoms with Crippen LogP contribution >= 0.6 is 0 Å². The molecule has 0 saturated carbocycles. The summed E-state index contributed by atoms with van der Waals surface area (Å²) in [5, 5.41) is 0. The van der Waals surface area contributed by atoms with Gasteiger partial charge in [-0.05, 0) is 36.8 Å². The molecule has 6 nitrogen and oxygen atoms in total. The molecule has 0 fully saturated rings. The zero-order valence-electron chi connectivity index (χ0n) is 13.7. The highest BCUT2D eigenvalue weighted by Crippen LogP contribution is 2.28. The van der Waals surface area contributed by atoms with Crippen LogP contribution in [0.1, 0.15) is 15.9 Å². The number of carbonyl (C=O) groups excluding carboxylic acids is 2. The largest absolute Gasteiger partial charge is 0.493 e. The Morgan fingerprint density at radius 1 is 0.958 bits per heavy atom. The van der Waals surface area contributed by atoms with Gasteiger partial charge in [-0.25, -0.2) is 9.59 Å². The molecule has 0 aliphatic carbocycles. The molecule has 0 saturated heterocycles. The Labute approximate surface area is 139 Å². The molecule has 0 radical (unpaired) electrons. The van der Waals surface area contributed by atoms with E-state index in [2.05, 4.69) is 4.74 Å². The summed E-state index contributed by atoms with van der Waals surface area (Å²) in [5.41, 5.74) is 1.22. The highest BCUT2D eigenvalue weighted by atomic mass is 16.6. The first kappa shape index (κ1) is 17.3. The molecule has 2 rings (SSSR count). The van der Waals surface area contributed by atoms with E-state index in [-0.39, 0.29) is 18.1 Å². The average Bonchev–Trinajstić information content (AvgIpc) is 2.60. The molecule has 0 spiro atoms. The number of para-hydroxylation sites is 1. The molecule has 0 N–H and O–H groups in total. The predicted molar refractivity (Wildman–Crippen MR) is 86.6 cm³/mol. The zero-order chi connectivity index (χ0) is 17.5. The van der Waals surface area contributed by atoms with E-state index in [9.17, 15) is 9.59 Å². The van der Waals surface area contributed by atoms with Crippen LogP contribution in [-0.2, 0) is 9.53 Å². The molecule has 2 aromatic carbocycles. The molecule has 0 atom stereocenters. The third-order valence-corrected chi connectivity index (χ3v) is 3.25. The summed E-state index contributed by atoms with van der Waals surface area (Å²) in [7, 11) is 2.70. The topological polar surface area (TPSA) is 71.1 Å². The van der Waals surface area contributed by atoms with E-state index >= 15 is 0 Å². The highest BCUT2D eigenvalue weighted by Gasteiger charge is 2.15. The van der Waals surface area contributed by atoms with Crippen LogP contribution in [-0.4, -0.2) is 32.8 Å². The van der Waals surface area contributed by atoms with Gasteiger partial charge in [0.2, 0.25) is 0 Å². The molecule has 0 amide bonds. The Morgan fingerprint density at radius 2 is 1.71 bits per heavy atom. The number of ether oxygens (including phenoxy) is 4. The normalized spacial score (nSPS) is 9.96. The maximum absolute atomic E-state index is 11.9. The standard InChI is InChI=1S/C18H18O6/c1-12-6-4-5-7-14(12)23-11-17(19)24-15-9-8-13(18(20)22-3)10-16(15)21-2/h4-10H,11H2,1-3H3. The summed E-state index contributed by atoms with van der Waals surface area (Å²) < 4.78 is 20.4. The smallest absolute Gasteiger partial charge is 0.349 e. The van der Waals surface area contributed by atoms with Crippen molar-refractivity contribution in [3.05, 3.63) is 53.6 Å². The minimum absolute atomic E-state index is 0.198. The van der Waals surface area contributed by atoms with E-state index in [1.165, 1.54) is 32.4 Å². The zero-order valence-corrected chi connectivity index (χ0v) is 13.7. The number of rotatable bonds is 6. The Kier molecular flexibility index (Phi) is 5.78. The van der Waals surface area contributed by atoms with Crippen molar-refractivity contribution in [2.45, 2.75) is 6.92 Å². The highest BCUT2D eigenvalue weighted by molar-refractivity contribution is 5.90. The summed E-state index contributed by atoms with van der Waals surface area (Å²) >= 11 is 0. The van der Waals surface area contributed by atoms with Gasteiger partial charge in [0.15, 0.2) is 18.1 Å². The second-order valence-corrected chi connectivity index (χ2v) is 4.89. The van der Waals surface area contributed by atoms with Crippen LogP contribution in [0.2, 0.25) is 0 Å². The quantitative estimate of drug-likeness (QED) is 0.599. The van der Waals surface area contributed by atoms with Crippen LogP contribution in [0.25, 0.3) is 0 Å². The second-order valence-electron chi connectivity index (χ2n) is 4.89. The van der Waals surface area contributed by atoms with E-state index < -0.39 is 11.9 Å². The van der Waals surface area contributed by atoms with Crippen LogP contribution in [0.5, 0.6) is 17.2 Å². The minimum Gasteiger partial charge on any atom is -0.493 e. The molecule has 0 aromatic heterocycles. The van der Waals surface area contributed by atoms with E-state index in [1.54, 1.807) is 6.07 Å². The number of aryl methyl sites for hydroxylation is 1. The van der Waals surface area contributed by atoms with E-state index in [1.807, 2.05) is 25.1 Å².